The maximum absolute atomic E-state index is 4.93. The second-order valence-electron chi connectivity index (χ2n) is 8.45. The summed E-state index contributed by atoms with van der Waals surface area (Å²) in [4.78, 5) is 0. The topological polar surface area (TPSA) is 0 Å². The van der Waals surface area contributed by atoms with Crippen LogP contribution in [-0.4, -0.2) is 8.07 Å². The fourth-order valence-corrected chi connectivity index (χ4v) is 8.81. The summed E-state index contributed by atoms with van der Waals surface area (Å²) in [6.45, 7) is 12.8. The van der Waals surface area contributed by atoms with Gasteiger partial charge in [0.15, 0.2) is 0 Å². The van der Waals surface area contributed by atoms with E-state index in [0.717, 1.165) is 17.0 Å². The van der Waals surface area contributed by atoms with Crippen LogP contribution in [0.15, 0.2) is 0 Å². The van der Waals surface area contributed by atoms with Gasteiger partial charge in [0.05, 0.1) is 8.07 Å². The van der Waals surface area contributed by atoms with Crippen LogP contribution in [0.4, 0.5) is 0 Å². The van der Waals surface area contributed by atoms with Gasteiger partial charge in [-0.3, -0.25) is 0 Å². The van der Waals surface area contributed by atoms with Gasteiger partial charge in [0, 0.05) is 0 Å². The van der Waals surface area contributed by atoms with Crippen molar-refractivity contribution in [3.8, 4) is 0 Å². The van der Waals surface area contributed by atoms with Crippen LogP contribution in [0.25, 0.3) is 0 Å². The van der Waals surface area contributed by atoms with Crippen LogP contribution >= 0.6 is 17.0 Å². The molecule has 132 valence electrons. The Hall–Kier alpha value is 1.68. The molecule has 4 heteroatoms. The minimum atomic E-state index is -0.958. The molecule has 0 aromatic carbocycles. The predicted octanol–water partition coefficient (Wildman–Crippen LogP) is 8.13. The SMILES string of the molecule is CC(C)(C)C1CCC([Si](C)(C)C2CCCC2)C1.[CH3-].[CH3-].[Cl][Zr+2][Cl]. The predicted molar refractivity (Wildman–Crippen MR) is 105 cm³/mol. The molecular formula is C18H38Cl2SiZr. The van der Waals surface area contributed by atoms with Crippen LogP contribution in [0.2, 0.25) is 24.2 Å². The number of hydrogen-bond acceptors (Lipinski definition) is 0. The molecule has 2 rings (SSSR count). The van der Waals surface area contributed by atoms with Crippen molar-refractivity contribution in [3.05, 3.63) is 14.9 Å². The standard InChI is InChI=1S/C16H32Si.2CH3.2ClH.Zr/c1-16(2,3)13-10-11-15(12-13)17(4,5)14-8-6-7-9-14;;;;;/h13-15H,6-12H2,1-5H3;2*1H3;2*1H;/q;2*-1;;;+4/p-2. The molecule has 2 fully saturated rings. The summed E-state index contributed by atoms with van der Waals surface area (Å²) in [5.74, 6) is 1.00. The average molecular weight is 445 g/mol. The van der Waals surface area contributed by atoms with Crippen molar-refractivity contribution in [2.24, 2.45) is 11.3 Å². The Kier molecular flexibility index (Phi) is 13.3. The summed E-state index contributed by atoms with van der Waals surface area (Å²) < 4.78 is 0. The molecular weight excluding hydrogens is 406 g/mol. The first kappa shape index (κ1) is 25.9. The molecule has 0 amide bonds. The van der Waals surface area contributed by atoms with Crippen molar-refractivity contribution in [3.63, 3.8) is 0 Å². The van der Waals surface area contributed by atoms with Gasteiger partial charge in [-0.15, -0.1) is 0 Å². The summed E-state index contributed by atoms with van der Waals surface area (Å²) in [5, 5.41) is 0. The van der Waals surface area contributed by atoms with Crippen LogP contribution in [0.1, 0.15) is 65.7 Å². The van der Waals surface area contributed by atoms with E-state index in [1.807, 2.05) is 0 Å². The molecule has 0 N–H and O–H groups in total. The number of rotatable bonds is 2. The van der Waals surface area contributed by atoms with E-state index in [4.69, 9.17) is 17.0 Å². The fourth-order valence-electron chi connectivity index (χ4n) is 4.45. The fraction of sp³-hybridized carbons (Fsp3) is 0.889. The van der Waals surface area contributed by atoms with Crippen molar-refractivity contribution in [2.75, 3.05) is 0 Å². The number of halogens is 2. The molecule has 2 unspecified atom stereocenters. The molecule has 0 heterocycles. The van der Waals surface area contributed by atoms with Gasteiger partial charge >= 0.3 is 37.9 Å². The molecule has 2 atom stereocenters. The van der Waals surface area contributed by atoms with Gasteiger partial charge in [0.25, 0.3) is 0 Å². The van der Waals surface area contributed by atoms with Crippen LogP contribution in [0.5, 0.6) is 0 Å². The van der Waals surface area contributed by atoms with E-state index < -0.39 is 28.9 Å². The zero-order chi connectivity index (χ0) is 15.4. The second kappa shape index (κ2) is 11.3. The Morgan fingerprint density at radius 2 is 1.32 bits per heavy atom. The third-order valence-electron chi connectivity index (χ3n) is 6.12. The van der Waals surface area contributed by atoms with E-state index in [1.54, 1.807) is 25.7 Å². The maximum atomic E-state index is 4.93. The Morgan fingerprint density at radius 1 is 0.864 bits per heavy atom. The van der Waals surface area contributed by atoms with Crippen molar-refractivity contribution in [2.45, 2.75) is 89.9 Å². The first-order valence-electron chi connectivity index (χ1n) is 8.19. The van der Waals surface area contributed by atoms with Crippen molar-refractivity contribution in [1.82, 2.24) is 0 Å². The first-order valence-corrected chi connectivity index (χ1v) is 17.7. The van der Waals surface area contributed by atoms with Gasteiger partial charge in [-0.2, -0.15) is 0 Å². The molecule has 0 aromatic heterocycles. The number of hydrogen-bond donors (Lipinski definition) is 0. The van der Waals surface area contributed by atoms with E-state index in [-0.39, 0.29) is 14.9 Å². The summed E-state index contributed by atoms with van der Waals surface area (Å²) in [5.41, 5.74) is 2.84. The van der Waals surface area contributed by atoms with Gasteiger partial charge in [-0.05, 0) is 35.3 Å². The molecule has 2 aliphatic carbocycles. The Bertz CT molecular complexity index is 283. The average Bonchev–Trinajstić information content (AvgIpc) is 3.02. The molecule has 22 heavy (non-hydrogen) atoms. The minimum absolute atomic E-state index is 0. The zero-order valence-corrected chi connectivity index (χ0v) is 20.9. The van der Waals surface area contributed by atoms with E-state index >= 15 is 0 Å². The Labute approximate surface area is 161 Å². The second-order valence-corrected chi connectivity index (χ2v) is 17.5. The van der Waals surface area contributed by atoms with E-state index in [2.05, 4.69) is 33.9 Å². The summed E-state index contributed by atoms with van der Waals surface area (Å²) in [7, 11) is 8.91. The molecule has 2 aliphatic rings. The van der Waals surface area contributed by atoms with Crippen LogP contribution in [0.3, 0.4) is 0 Å². The Morgan fingerprint density at radius 3 is 1.68 bits per heavy atom. The first-order chi connectivity index (χ1) is 9.23. The third kappa shape index (κ3) is 7.28. The van der Waals surface area contributed by atoms with E-state index in [1.165, 1.54) is 19.3 Å². The van der Waals surface area contributed by atoms with Crippen LogP contribution < -0.4 is 0 Å². The monoisotopic (exact) mass is 442 g/mol. The van der Waals surface area contributed by atoms with Gasteiger partial charge < -0.3 is 14.9 Å². The zero-order valence-electron chi connectivity index (χ0n) is 15.9. The summed E-state index contributed by atoms with van der Waals surface area (Å²) in [6.07, 6.45) is 10.8. The molecule has 0 bridgehead atoms. The molecule has 0 aliphatic heterocycles. The molecule has 0 spiro atoms. The Balaban J connectivity index is 0. The van der Waals surface area contributed by atoms with Crippen molar-refractivity contribution >= 4 is 25.1 Å². The van der Waals surface area contributed by atoms with Gasteiger partial charge in [-0.1, -0.05) is 66.0 Å². The van der Waals surface area contributed by atoms with Gasteiger partial charge in [0.1, 0.15) is 0 Å². The molecule has 0 aromatic rings. The van der Waals surface area contributed by atoms with Gasteiger partial charge in [0.2, 0.25) is 0 Å². The quantitative estimate of drug-likeness (QED) is 0.298. The molecule has 0 nitrogen and oxygen atoms in total. The van der Waals surface area contributed by atoms with E-state index in [0.29, 0.717) is 5.41 Å². The molecule has 0 saturated heterocycles. The normalized spacial score (nSPS) is 25.4. The molecule has 0 radical (unpaired) electrons. The third-order valence-corrected chi connectivity index (χ3v) is 11.4. The van der Waals surface area contributed by atoms with Crippen molar-refractivity contribution < 1.29 is 20.8 Å². The summed E-state index contributed by atoms with van der Waals surface area (Å²) in [6, 6.07) is 0. The van der Waals surface area contributed by atoms with Crippen LogP contribution in [-0.2, 0) is 20.8 Å². The van der Waals surface area contributed by atoms with Gasteiger partial charge in [-0.25, -0.2) is 0 Å². The van der Waals surface area contributed by atoms with E-state index in [9.17, 15) is 0 Å². The van der Waals surface area contributed by atoms with Crippen molar-refractivity contribution in [1.29, 1.82) is 0 Å². The summed E-state index contributed by atoms with van der Waals surface area (Å²) >= 11 is -0.826. The van der Waals surface area contributed by atoms with Crippen LogP contribution in [0, 0.1) is 26.2 Å². The molecule has 2 saturated carbocycles.